The van der Waals surface area contributed by atoms with Gasteiger partial charge in [0.05, 0.1) is 7.11 Å². The molecule has 1 fully saturated rings. The summed E-state index contributed by atoms with van der Waals surface area (Å²) < 4.78 is 5.24. The van der Waals surface area contributed by atoms with Crippen LogP contribution < -0.4 is 10.1 Å². The molecule has 0 saturated carbocycles. The predicted molar refractivity (Wildman–Crippen MR) is 73.5 cm³/mol. The minimum atomic E-state index is 0.108. The van der Waals surface area contributed by atoms with E-state index >= 15 is 0 Å². The van der Waals surface area contributed by atoms with E-state index in [1.807, 2.05) is 23.3 Å². The fourth-order valence-electron chi connectivity index (χ4n) is 2.43. The Labute approximate surface area is 112 Å². The van der Waals surface area contributed by atoms with Crippen LogP contribution in [0.15, 0.2) is 11.4 Å². The predicted octanol–water partition coefficient (Wildman–Crippen LogP) is 1.97. The Morgan fingerprint density at radius 3 is 2.89 bits per heavy atom. The summed E-state index contributed by atoms with van der Waals surface area (Å²) in [4.78, 5) is 15.3. The highest BCUT2D eigenvalue weighted by atomic mass is 32.1. The van der Waals surface area contributed by atoms with Gasteiger partial charge in [-0.1, -0.05) is 0 Å². The number of hydrogen-bond acceptors (Lipinski definition) is 4. The van der Waals surface area contributed by atoms with Crippen molar-refractivity contribution in [2.24, 2.45) is 0 Å². The third-order valence-electron chi connectivity index (χ3n) is 3.39. The lowest BCUT2D eigenvalue weighted by Crippen LogP contribution is -2.45. The van der Waals surface area contributed by atoms with Crippen LogP contribution in [0, 0.1) is 0 Å². The minimum absolute atomic E-state index is 0.108. The number of ether oxygens (including phenoxy) is 1. The molecule has 1 N–H and O–H groups in total. The number of methoxy groups -OCH3 is 1. The summed E-state index contributed by atoms with van der Waals surface area (Å²) >= 11 is 1.46. The topological polar surface area (TPSA) is 41.6 Å². The lowest BCUT2D eigenvalue weighted by atomic mass is 10.0. The van der Waals surface area contributed by atoms with Gasteiger partial charge in [-0.2, -0.15) is 0 Å². The Kier molecular flexibility index (Phi) is 4.60. The van der Waals surface area contributed by atoms with Gasteiger partial charge in [-0.15, -0.1) is 11.3 Å². The SMILES string of the molecule is CCN(C(=O)c1sccc1OC)C1CCNCC1. The number of hydrogen-bond donors (Lipinski definition) is 1. The molecule has 5 heteroatoms. The fraction of sp³-hybridized carbons (Fsp3) is 0.615. The summed E-state index contributed by atoms with van der Waals surface area (Å²) in [5, 5.41) is 5.23. The van der Waals surface area contributed by atoms with Gasteiger partial charge in [0.2, 0.25) is 0 Å². The highest BCUT2D eigenvalue weighted by Crippen LogP contribution is 2.27. The first kappa shape index (κ1) is 13.4. The third kappa shape index (κ3) is 2.67. The van der Waals surface area contributed by atoms with E-state index in [1.165, 1.54) is 11.3 Å². The van der Waals surface area contributed by atoms with Crippen LogP contribution in [0.1, 0.15) is 29.4 Å². The Morgan fingerprint density at radius 1 is 1.56 bits per heavy atom. The van der Waals surface area contributed by atoms with Gasteiger partial charge in [-0.3, -0.25) is 4.79 Å². The first-order valence-corrected chi connectivity index (χ1v) is 7.29. The maximum atomic E-state index is 12.6. The zero-order valence-electron chi connectivity index (χ0n) is 10.9. The average Bonchev–Trinajstić information content (AvgIpc) is 2.89. The van der Waals surface area contributed by atoms with Crippen molar-refractivity contribution in [1.82, 2.24) is 10.2 Å². The van der Waals surface area contributed by atoms with Gasteiger partial charge in [0.15, 0.2) is 0 Å². The molecule has 1 aromatic rings. The van der Waals surface area contributed by atoms with Crippen LogP contribution in [-0.2, 0) is 0 Å². The van der Waals surface area contributed by atoms with Crippen LogP contribution in [0.3, 0.4) is 0 Å². The van der Waals surface area contributed by atoms with Crippen molar-refractivity contribution in [2.45, 2.75) is 25.8 Å². The molecule has 0 radical (unpaired) electrons. The van der Waals surface area contributed by atoms with Crippen LogP contribution >= 0.6 is 11.3 Å². The normalized spacial score (nSPS) is 16.6. The second kappa shape index (κ2) is 6.20. The average molecular weight is 268 g/mol. The molecule has 0 unspecified atom stereocenters. The fourth-order valence-corrected chi connectivity index (χ4v) is 3.24. The summed E-state index contributed by atoms with van der Waals surface area (Å²) in [5.41, 5.74) is 0. The van der Waals surface area contributed by atoms with E-state index < -0.39 is 0 Å². The van der Waals surface area contributed by atoms with Crippen LogP contribution in [0.4, 0.5) is 0 Å². The molecule has 0 atom stereocenters. The van der Waals surface area contributed by atoms with Crippen molar-refractivity contribution in [3.63, 3.8) is 0 Å². The van der Waals surface area contributed by atoms with E-state index in [0.29, 0.717) is 11.8 Å². The second-order valence-electron chi connectivity index (χ2n) is 4.39. The van der Waals surface area contributed by atoms with Crippen molar-refractivity contribution >= 4 is 17.2 Å². The van der Waals surface area contributed by atoms with Crippen molar-refractivity contribution in [2.75, 3.05) is 26.7 Å². The van der Waals surface area contributed by atoms with Crippen LogP contribution in [0.25, 0.3) is 0 Å². The summed E-state index contributed by atoms with van der Waals surface area (Å²) in [6.07, 6.45) is 2.07. The molecule has 2 rings (SSSR count). The molecule has 1 aromatic heterocycles. The molecular weight excluding hydrogens is 248 g/mol. The molecule has 100 valence electrons. The molecule has 1 amide bonds. The van der Waals surface area contributed by atoms with Crippen LogP contribution in [0.5, 0.6) is 5.75 Å². The standard InChI is InChI=1S/C13H20N2O2S/c1-3-15(10-4-7-14-8-5-10)13(16)12-11(17-2)6-9-18-12/h6,9-10,14H,3-5,7-8H2,1-2H3. The number of thiophene rings is 1. The maximum Gasteiger partial charge on any atom is 0.267 e. The van der Waals surface area contributed by atoms with Crippen molar-refractivity contribution in [1.29, 1.82) is 0 Å². The first-order valence-electron chi connectivity index (χ1n) is 6.41. The quantitative estimate of drug-likeness (QED) is 0.908. The molecule has 4 nitrogen and oxygen atoms in total. The summed E-state index contributed by atoms with van der Waals surface area (Å²) in [5.74, 6) is 0.800. The molecule has 0 bridgehead atoms. The van der Waals surface area contributed by atoms with Gasteiger partial charge in [0.25, 0.3) is 5.91 Å². The monoisotopic (exact) mass is 268 g/mol. The lowest BCUT2D eigenvalue weighted by Gasteiger charge is -2.33. The molecule has 2 heterocycles. The summed E-state index contributed by atoms with van der Waals surface area (Å²) in [6, 6.07) is 2.21. The molecule has 1 aliphatic heterocycles. The van der Waals surface area contributed by atoms with Gasteiger partial charge >= 0.3 is 0 Å². The zero-order valence-corrected chi connectivity index (χ0v) is 11.8. The molecule has 1 saturated heterocycles. The van der Waals surface area contributed by atoms with Gasteiger partial charge in [0.1, 0.15) is 10.6 Å². The van der Waals surface area contributed by atoms with E-state index in [0.717, 1.165) is 37.4 Å². The maximum absolute atomic E-state index is 12.6. The van der Waals surface area contributed by atoms with E-state index in [4.69, 9.17) is 4.74 Å². The Morgan fingerprint density at radius 2 is 2.28 bits per heavy atom. The van der Waals surface area contributed by atoms with E-state index in [2.05, 4.69) is 5.32 Å². The highest BCUT2D eigenvalue weighted by Gasteiger charge is 2.27. The Balaban J connectivity index is 2.14. The van der Waals surface area contributed by atoms with Crippen LogP contribution in [-0.4, -0.2) is 43.6 Å². The minimum Gasteiger partial charge on any atom is -0.495 e. The van der Waals surface area contributed by atoms with Gasteiger partial charge in [0, 0.05) is 12.6 Å². The number of nitrogens with one attached hydrogen (secondary N) is 1. The molecule has 0 aromatic carbocycles. The molecular formula is C13H20N2O2S. The first-order chi connectivity index (χ1) is 8.77. The third-order valence-corrected chi connectivity index (χ3v) is 4.28. The largest absolute Gasteiger partial charge is 0.495 e. The number of nitrogens with zero attached hydrogens (tertiary/aromatic N) is 1. The van der Waals surface area contributed by atoms with E-state index in [-0.39, 0.29) is 5.91 Å². The smallest absolute Gasteiger partial charge is 0.267 e. The van der Waals surface area contributed by atoms with Gasteiger partial charge in [-0.05, 0) is 44.3 Å². The Hall–Kier alpha value is -1.07. The Bertz CT molecular complexity index is 399. The molecule has 0 aliphatic carbocycles. The number of piperidine rings is 1. The summed E-state index contributed by atoms with van der Waals surface area (Å²) in [6.45, 7) is 4.79. The number of carbonyl (C=O) groups excluding carboxylic acids is 1. The summed E-state index contributed by atoms with van der Waals surface area (Å²) in [7, 11) is 1.61. The molecule has 0 spiro atoms. The van der Waals surface area contributed by atoms with Gasteiger partial charge < -0.3 is 15.0 Å². The molecule has 1 aliphatic rings. The van der Waals surface area contributed by atoms with Crippen molar-refractivity contribution in [3.8, 4) is 5.75 Å². The molecule has 18 heavy (non-hydrogen) atoms. The van der Waals surface area contributed by atoms with E-state index in [1.54, 1.807) is 7.11 Å². The second-order valence-corrected chi connectivity index (χ2v) is 5.31. The number of carbonyl (C=O) groups is 1. The van der Waals surface area contributed by atoms with E-state index in [9.17, 15) is 4.79 Å². The van der Waals surface area contributed by atoms with Crippen molar-refractivity contribution < 1.29 is 9.53 Å². The van der Waals surface area contributed by atoms with Crippen LogP contribution in [0.2, 0.25) is 0 Å². The number of rotatable bonds is 4. The van der Waals surface area contributed by atoms with Crippen molar-refractivity contribution in [3.05, 3.63) is 16.3 Å². The highest BCUT2D eigenvalue weighted by molar-refractivity contribution is 7.12. The lowest BCUT2D eigenvalue weighted by molar-refractivity contribution is 0.0658. The van der Waals surface area contributed by atoms with Gasteiger partial charge in [-0.25, -0.2) is 0 Å². The zero-order chi connectivity index (χ0) is 13.0. The number of amides is 1.